The molecule has 0 saturated heterocycles. The summed E-state index contributed by atoms with van der Waals surface area (Å²) < 4.78 is 0. The van der Waals surface area contributed by atoms with Gasteiger partial charge in [-0.25, -0.2) is 0 Å². The third kappa shape index (κ3) is 3.02. The van der Waals surface area contributed by atoms with E-state index >= 15 is 0 Å². The summed E-state index contributed by atoms with van der Waals surface area (Å²) in [6, 6.07) is 3.14. The number of nitro groups is 1. The van der Waals surface area contributed by atoms with Gasteiger partial charge in [0.05, 0.1) is 16.5 Å². The highest BCUT2D eigenvalue weighted by atomic mass is 35.5. The number of nitrogens with zero attached hydrogens (tertiary/aromatic N) is 2. The molecule has 1 atom stereocenters. The third-order valence-electron chi connectivity index (χ3n) is 2.74. The Morgan fingerprint density at radius 2 is 2.26 bits per heavy atom. The van der Waals surface area contributed by atoms with Gasteiger partial charge in [-0.15, -0.1) is 11.3 Å². The van der Waals surface area contributed by atoms with Crippen molar-refractivity contribution in [2.45, 2.75) is 19.9 Å². The molecular weight excluding hydrogens is 286 g/mol. The van der Waals surface area contributed by atoms with Gasteiger partial charge in [-0.3, -0.25) is 15.1 Å². The zero-order valence-electron chi connectivity index (χ0n) is 10.4. The molecule has 1 aromatic carbocycles. The monoisotopic (exact) mass is 297 g/mol. The molecule has 0 amide bonds. The van der Waals surface area contributed by atoms with E-state index in [0.717, 1.165) is 16.1 Å². The van der Waals surface area contributed by atoms with Crippen molar-refractivity contribution < 1.29 is 4.92 Å². The third-order valence-corrected chi connectivity index (χ3v) is 4.00. The number of rotatable bonds is 4. The highest BCUT2D eigenvalue weighted by molar-refractivity contribution is 7.09. The van der Waals surface area contributed by atoms with Crippen LogP contribution in [0.5, 0.6) is 0 Å². The van der Waals surface area contributed by atoms with Crippen molar-refractivity contribution in [3.05, 3.63) is 49.4 Å². The normalized spacial score (nSPS) is 12.2. The van der Waals surface area contributed by atoms with Gasteiger partial charge in [0, 0.05) is 22.8 Å². The Labute approximate surface area is 119 Å². The Balaban J connectivity index is 2.26. The molecular formula is C12H12ClN3O2S. The number of halogens is 1. The zero-order valence-corrected chi connectivity index (χ0v) is 12.0. The van der Waals surface area contributed by atoms with Crippen LogP contribution in [0.1, 0.15) is 23.4 Å². The second-order valence-electron chi connectivity index (χ2n) is 4.15. The smallest absolute Gasteiger partial charge is 0.288 e. The SMILES string of the molecule is Cc1cc([N+](=O)[O-])c(Cl)cc1NC(C)c1cncs1. The molecule has 1 N–H and O–H groups in total. The maximum absolute atomic E-state index is 10.8. The van der Waals surface area contributed by atoms with E-state index in [9.17, 15) is 10.1 Å². The Morgan fingerprint density at radius 3 is 2.84 bits per heavy atom. The first kappa shape index (κ1) is 13.8. The molecule has 2 aromatic rings. The van der Waals surface area contributed by atoms with Crippen LogP contribution in [0, 0.1) is 17.0 Å². The summed E-state index contributed by atoms with van der Waals surface area (Å²) in [6.07, 6.45) is 1.80. The second kappa shape index (κ2) is 5.54. The summed E-state index contributed by atoms with van der Waals surface area (Å²) in [5.41, 5.74) is 3.27. The minimum absolute atomic E-state index is 0.0729. The van der Waals surface area contributed by atoms with Crippen LogP contribution in [0.3, 0.4) is 0 Å². The molecule has 0 bridgehead atoms. The highest BCUT2D eigenvalue weighted by Gasteiger charge is 2.16. The fraction of sp³-hybridized carbons (Fsp3) is 0.250. The Bertz CT molecular complexity index is 601. The summed E-state index contributed by atoms with van der Waals surface area (Å²) >= 11 is 7.47. The zero-order chi connectivity index (χ0) is 14.0. The van der Waals surface area contributed by atoms with E-state index in [4.69, 9.17) is 11.6 Å². The van der Waals surface area contributed by atoms with Gasteiger partial charge in [0.25, 0.3) is 5.69 Å². The van der Waals surface area contributed by atoms with Gasteiger partial charge in [0.2, 0.25) is 0 Å². The predicted molar refractivity (Wildman–Crippen MR) is 77.0 cm³/mol. The van der Waals surface area contributed by atoms with E-state index in [2.05, 4.69) is 10.3 Å². The number of hydrogen-bond donors (Lipinski definition) is 1. The topological polar surface area (TPSA) is 68.1 Å². The lowest BCUT2D eigenvalue weighted by Gasteiger charge is -2.15. The quantitative estimate of drug-likeness (QED) is 0.679. The van der Waals surface area contributed by atoms with Crippen LogP contribution < -0.4 is 5.32 Å². The minimum Gasteiger partial charge on any atom is -0.377 e. The van der Waals surface area contributed by atoms with E-state index in [1.807, 2.05) is 13.8 Å². The van der Waals surface area contributed by atoms with E-state index in [0.29, 0.717) is 0 Å². The number of hydrogen-bond acceptors (Lipinski definition) is 5. The van der Waals surface area contributed by atoms with Gasteiger partial charge >= 0.3 is 0 Å². The summed E-state index contributed by atoms with van der Waals surface area (Å²) in [6.45, 7) is 3.81. The fourth-order valence-corrected chi connectivity index (χ4v) is 2.57. The van der Waals surface area contributed by atoms with Crippen LogP contribution in [-0.4, -0.2) is 9.91 Å². The Morgan fingerprint density at radius 1 is 1.53 bits per heavy atom. The van der Waals surface area contributed by atoms with Gasteiger partial charge in [0.1, 0.15) is 5.02 Å². The van der Waals surface area contributed by atoms with Crippen LogP contribution >= 0.6 is 22.9 Å². The van der Waals surface area contributed by atoms with Crippen LogP contribution in [0.2, 0.25) is 5.02 Å². The van der Waals surface area contributed by atoms with E-state index in [-0.39, 0.29) is 16.8 Å². The number of thiazole rings is 1. The van der Waals surface area contributed by atoms with Crippen LogP contribution in [0.4, 0.5) is 11.4 Å². The highest BCUT2D eigenvalue weighted by Crippen LogP contribution is 2.32. The van der Waals surface area contributed by atoms with Gasteiger partial charge in [-0.1, -0.05) is 11.6 Å². The first-order valence-electron chi connectivity index (χ1n) is 5.58. The predicted octanol–water partition coefficient (Wildman–Crippen LogP) is 4.19. The van der Waals surface area contributed by atoms with Crippen molar-refractivity contribution in [2.24, 2.45) is 0 Å². The van der Waals surface area contributed by atoms with Crippen molar-refractivity contribution in [1.82, 2.24) is 4.98 Å². The summed E-state index contributed by atoms with van der Waals surface area (Å²) in [7, 11) is 0. The standard InChI is InChI=1S/C12H12ClN3O2S/c1-7-3-11(16(17)18)9(13)4-10(7)15-8(2)12-5-14-6-19-12/h3-6,8,15H,1-2H3. The van der Waals surface area contributed by atoms with E-state index in [1.165, 1.54) is 6.07 Å². The van der Waals surface area contributed by atoms with E-state index in [1.54, 1.807) is 29.1 Å². The molecule has 100 valence electrons. The molecule has 0 aliphatic heterocycles. The molecule has 0 fully saturated rings. The first-order chi connectivity index (χ1) is 8.99. The number of aryl methyl sites for hydroxylation is 1. The first-order valence-corrected chi connectivity index (χ1v) is 6.84. The minimum atomic E-state index is -0.480. The molecule has 5 nitrogen and oxygen atoms in total. The lowest BCUT2D eigenvalue weighted by atomic mass is 10.1. The average molecular weight is 298 g/mol. The maximum atomic E-state index is 10.8. The van der Waals surface area contributed by atoms with Gasteiger partial charge < -0.3 is 5.32 Å². The fourth-order valence-electron chi connectivity index (χ4n) is 1.71. The molecule has 7 heteroatoms. The van der Waals surface area contributed by atoms with Gasteiger partial charge in [-0.2, -0.15) is 0 Å². The van der Waals surface area contributed by atoms with Crippen molar-refractivity contribution in [3.63, 3.8) is 0 Å². The molecule has 2 rings (SSSR count). The van der Waals surface area contributed by atoms with Gasteiger partial charge in [-0.05, 0) is 25.5 Å². The summed E-state index contributed by atoms with van der Waals surface area (Å²) in [5, 5.41) is 14.2. The maximum Gasteiger partial charge on any atom is 0.288 e. The molecule has 1 heterocycles. The molecule has 0 aliphatic carbocycles. The molecule has 0 aliphatic rings. The number of aromatic nitrogens is 1. The van der Waals surface area contributed by atoms with E-state index < -0.39 is 4.92 Å². The molecule has 0 radical (unpaired) electrons. The largest absolute Gasteiger partial charge is 0.377 e. The average Bonchev–Trinajstić information content (AvgIpc) is 2.86. The van der Waals surface area contributed by atoms with Crippen molar-refractivity contribution >= 4 is 34.3 Å². The van der Waals surface area contributed by atoms with Crippen molar-refractivity contribution in [3.8, 4) is 0 Å². The van der Waals surface area contributed by atoms with Crippen molar-refractivity contribution in [1.29, 1.82) is 0 Å². The Hall–Kier alpha value is -1.66. The summed E-state index contributed by atoms with van der Waals surface area (Å²) in [4.78, 5) is 15.4. The molecule has 1 aromatic heterocycles. The van der Waals surface area contributed by atoms with Crippen LogP contribution in [-0.2, 0) is 0 Å². The molecule has 0 spiro atoms. The molecule has 19 heavy (non-hydrogen) atoms. The lowest BCUT2D eigenvalue weighted by molar-refractivity contribution is -0.384. The molecule has 1 unspecified atom stereocenters. The second-order valence-corrected chi connectivity index (χ2v) is 5.47. The van der Waals surface area contributed by atoms with Crippen molar-refractivity contribution in [2.75, 3.05) is 5.32 Å². The number of benzene rings is 1. The van der Waals surface area contributed by atoms with Crippen LogP contribution in [0.25, 0.3) is 0 Å². The molecule has 0 saturated carbocycles. The summed E-state index contributed by atoms with van der Waals surface area (Å²) in [5.74, 6) is 0. The number of anilines is 1. The van der Waals surface area contributed by atoms with Crippen LogP contribution in [0.15, 0.2) is 23.8 Å². The lowest BCUT2D eigenvalue weighted by Crippen LogP contribution is -2.06. The number of nitro benzene ring substituents is 1. The number of nitrogens with one attached hydrogen (secondary N) is 1. The van der Waals surface area contributed by atoms with Gasteiger partial charge in [0.15, 0.2) is 0 Å². The Kier molecular flexibility index (Phi) is 4.01.